The molecule has 2 heterocycles. The number of carbonyl (C=O) groups excluding carboxylic acids is 3. The maximum atomic E-state index is 14.3. The van der Waals surface area contributed by atoms with Crippen molar-refractivity contribution in [3.63, 3.8) is 0 Å². The van der Waals surface area contributed by atoms with Crippen LogP contribution in [0.4, 0.5) is 0 Å². The van der Waals surface area contributed by atoms with E-state index in [1.165, 1.54) is 160 Å². The van der Waals surface area contributed by atoms with Gasteiger partial charge in [0, 0.05) is 18.9 Å². The quantitative estimate of drug-likeness (QED) is 0.00512. The van der Waals surface area contributed by atoms with Crippen molar-refractivity contribution < 1.29 is 117 Å². The lowest BCUT2D eigenvalue weighted by molar-refractivity contribution is -0.360. The number of unbranched alkanes of at least 4 members (excludes halogenated alkanes) is 36. The fraction of sp³-hybridized carbons (Fsp3) is 0.880. The standard InChI is InChI=1S/C75H135O24P/c1-4-7-10-13-16-19-22-25-28-30-32-35-38-41-44-47-50-60(78)92-55-58-63(81)65(83)70(88)75(96-58)98-72-68(86)66(84)67(85)71(97-74-69(87)64(82)62(80)57(52-76)95-74)73(72)99-100(89,90)93-54-56(53-91-59(77)49-46-43-40-37-34-31-27-24-21-18-15-12-9-6-3)94-61(79)51-48-45-42-39-36-33-29-26-23-20-17-14-11-8-5-2/h31,34,42,45,48,51,56-58,62-76,80-88H,4-30,32-33,35-41,43-44,46-47,49-50,52-55H2,1-3H3,(H,89,90)/b34-31-,45-42+,51-48+. The number of phosphoric acid groups is 1. The van der Waals surface area contributed by atoms with Crippen molar-refractivity contribution in [3.8, 4) is 0 Å². The molecule has 0 spiro atoms. The minimum absolute atomic E-state index is 0.00496. The Bertz CT molecular complexity index is 2210. The second-order valence-electron chi connectivity index (χ2n) is 27.8. The Labute approximate surface area is 597 Å². The van der Waals surface area contributed by atoms with Crippen LogP contribution in [0.2, 0.25) is 0 Å². The predicted molar refractivity (Wildman–Crippen MR) is 379 cm³/mol. The van der Waals surface area contributed by atoms with Gasteiger partial charge in [-0.2, -0.15) is 0 Å². The lowest BCUT2D eigenvalue weighted by Crippen LogP contribution is -2.69. The first-order valence-electron chi connectivity index (χ1n) is 38.8. The number of aliphatic hydroxyl groups is 10. The van der Waals surface area contributed by atoms with E-state index in [4.69, 9.17) is 42.2 Å². The average molecular weight is 1450 g/mol. The molecule has 11 N–H and O–H groups in total. The van der Waals surface area contributed by atoms with E-state index in [0.717, 1.165) is 96.0 Å². The lowest BCUT2D eigenvalue weighted by atomic mass is 9.84. The second-order valence-corrected chi connectivity index (χ2v) is 29.2. The number of esters is 3. The minimum Gasteiger partial charge on any atom is -0.463 e. The molecule has 2 aliphatic heterocycles. The van der Waals surface area contributed by atoms with E-state index >= 15 is 0 Å². The second kappa shape index (κ2) is 56.5. The fourth-order valence-electron chi connectivity index (χ4n) is 12.7. The van der Waals surface area contributed by atoms with Gasteiger partial charge in [0.05, 0.1) is 13.2 Å². The summed E-state index contributed by atoms with van der Waals surface area (Å²) in [5.74, 6) is -2.26. The fourth-order valence-corrected chi connectivity index (χ4v) is 13.6. The molecule has 1 saturated carbocycles. The zero-order chi connectivity index (χ0) is 73.2. The molecule has 100 heavy (non-hydrogen) atoms. The molecule has 3 fully saturated rings. The number of ether oxygens (including phenoxy) is 7. The smallest absolute Gasteiger partial charge is 0.463 e. The molecule has 2 saturated heterocycles. The maximum Gasteiger partial charge on any atom is 0.472 e. The van der Waals surface area contributed by atoms with Crippen LogP contribution in [0.3, 0.4) is 0 Å². The van der Waals surface area contributed by atoms with Gasteiger partial charge < -0.3 is 89.1 Å². The number of aliphatic hydroxyl groups excluding tert-OH is 10. The minimum atomic E-state index is -5.73. The first kappa shape index (κ1) is 91.4. The number of rotatable bonds is 60. The normalized spacial score (nSPS) is 27.5. The van der Waals surface area contributed by atoms with E-state index in [2.05, 4.69) is 32.9 Å². The summed E-state index contributed by atoms with van der Waals surface area (Å²) >= 11 is 0. The molecule has 0 aromatic heterocycles. The Morgan fingerprint density at radius 3 is 1.20 bits per heavy atom. The van der Waals surface area contributed by atoms with Crippen LogP contribution in [-0.4, -0.2) is 204 Å². The van der Waals surface area contributed by atoms with Crippen LogP contribution in [0.25, 0.3) is 0 Å². The number of hydrogen-bond donors (Lipinski definition) is 11. The van der Waals surface area contributed by atoms with Crippen molar-refractivity contribution in [1.82, 2.24) is 0 Å². The van der Waals surface area contributed by atoms with Gasteiger partial charge in [-0.25, -0.2) is 9.36 Å². The van der Waals surface area contributed by atoms with Crippen molar-refractivity contribution >= 4 is 25.7 Å². The zero-order valence-corrected chi connectivity index (χ0v) is 61.9. The van der Waals surface area contributed by atoms with Gasteiger partial charge in [0.15, 0.2) is 18.7 Å². The monoisotopic (exact) mass is 1450 g/mol. The third-order valence-electron chi connectivity index (χ3n) is 19.0. The van der Waals surface area contributed by atoms with Crippen LogP contribution in [-0.2, 0) is 61.2 Å². The molecule has 18 unspecified atom stereocenters. The molecule has 0 amide bonds. The van der Waals surface area contributed by atoms with Gasteiger partial charge in [0.25, 0.3) is 0 Å². The largest absolute Gasteiger partial charge is 0.472 e. The summed E-state index contributed by atoms with van der Waals surface area (Å²) in [5.41, 5.74) is 0. The summed E-state index contributed by atoms with van der Waals surface area (Å²) in [6, 6.07) is 0. The molecule has 0 aromatic carbocycles. The molecule has 0 radical (unpaired) electrons. The van der Waals surface area contributed by atoms with Crippen LogP contribution >= 0.6 is 7.82 Å². The summed E-state index contributed by atoms with van der Waals surface area (Å²) in [4.78, 5) is 50.9. The molecule has 1 aliphatic carbocycles. The van der Waals surface area contributed by atoms with Gasteiger partial charge in [0.2, 0.25) is 0 Å². The van der Waals surface area contributed by atoms with Crippen LogP contribution in [0.15, 0.2) is 36.5 Å². The number of carbonyl (C=O) groups is 3. The third kappa shape index (κ3) is 39.0. The number of hydrogen-bond acceptors (Lipinski definition) is 23. The summed E-state index contributed by atoms with van der Waals surface area (Å²) in [5, 5.41) is 110. The summed E-state index contributed by atoms with van der Waals surface area (Å²) in [6.07, 6.45) is 19.9. The Hall–Kier alpha value is -2.82. The summed E-state index contributed by atoms with van der Waals surface area (Å²) in [7, 11) is -5.73. The van der Waals surface area contributed by atoms with Crippen molar-refractivity contribution in [2.45, 2.75) is 395 Å². The number of allylic oxidation sites excluding steroid dienone is 5. The lowest BCUT2D eigenvalue weighted by Gasteiger charge is -2.49. The highest BCUT2D eigenvalue weighted by molar-refractivity contribution is 7.47. The van der Waals surface area contributed by atoms with Crippen LogP contribution in [0.5, 0.6) is 0 Å². The van der Waals surface area contributed by atoms with Gasteiger partial charge in [-0.1, -0.05) is 257 Å². The Balaban J connectivity index is 1.74. The van der Waals surface area contributed by atoms with Gasteiger partial charge in [0.1, 0.15) is 98.7 Å². The molecule has 24 nitrogen and oxygen atoms in total. The van der Waals surface area contributed by atoms with E-state index < -0.39 is 156 Å². The van der Waals surface area contributed by atoms with Crippen molar-refractivity contribution in [3.05, 3.63) is 36.5 Å². The molecule has 3 rings (SSSR count). The highest BCUT2D eigenvalue weighted by Crippen LogP contribution is 2.49. The van der Waals surface area contributed by atoms with Crippen molar-refractivity contribution in [2.24, 2.45) is 0 Å². The van der Waals surface area contributed by atoms with E-state index in [1.54, 1.807) is 6.08 Å². The molecule has 18 atom stereocenters. The Morgan fingerprint density at radius 2 is 0.770 bits per heavy atom. The van der Waals surface area contributed by atoms with Crippen molar-refractivity contribution in [2.75, 3.05) is 26.4 Å². The number of phosphoric ester groups is 1. The average Bonchev–Trinajstić information content (AvgIpc) is 0.761. The molecule has 3 aliphatic rings. The molecular weight excluding hydrogens is 1320 g/mol. The molecule has 0 aromatic rings. The molecular formula is C75H135O24P. The first-order valence-corrected chi connectivity index (χ1v) is 40.3. The summed E-state index contributed by atoms with van der Waals surface area (Å²) in [6.45, 7) is 3.33. The van der Waals surface area contributed by atoms with Crippen LogP contribution < -0.4 is 0 Å². The van der Waals surface area contributed by atoms with E-state index in [-0.39, 0.29) is 12.8 Å². The molecule has 584 valence electrons. The maximum absolute atomic E-state index is 14.3. The van der Waals surface area contributed by atoms with Gasteiger partial charge in [-0.05, 0) is 51.4 Å². The van der Waals surface area contributed by atoms with Crippen LogP contribution in [0, 0.1) is 0 Å². The van der Waals surface area contributed by atoms with E-state index in [0.29, 0.717) is 12.8 Å². The first-order chi connectivity index (χ1) is 48.3. The molecule has 0 bridgehead atoms. The highest BCUT2D eigenvalue weighted by Gasteiger charge is 2.58. The summed E-state index contributed by atoms with van der Waals surface area (Å²) < 4.78 is 64.8. The van der Waals surface area contributed by atoms with E-state index in [1.807, 2.05) is 6.08 Å². The van der Waals surface area contributed by atoms with E-state index in [9.17, 15) is 74.9 Å². The third-order valence-corrected chi connectivity index (χ3v) is 20.0. The topological polar surface area (TPSA) is 374 Å². The predicted octanol–water partition coefficient (Wildman–Crippen LogP) is 11.1. The molecule has 25 heteroatoms. The zero-order valence-electron chi connectivity index (χ0n) is 61.0. The Morgan fingerprint density at radius 1 is 0.410 bits per heavy atom. The Kier molecular flexibility index (Phi) is 51.6. The SMILES string of the molecule is CCCCCCCCC/C=C\CCCCCC(=O)OCC(COP(=O)(O)OC1C(OC2OC(CO)C(O)C(O)C2O)C(O)C(O)C(O)C1OC1OC(COC(=O)CCCCCCCCCCCCCCCCCC)C(O)C(O)C1O)OC(=O)/C=C/C=C/CCCCCCCCCCCCC. The van der Waals surface area contributed by atoms with Crippen LogP contribution in [0.1, 0.15) is 290 Å². The van der Waals surface area contributed by atoms with Gasteiger partial charge in [-0.15, -0.1) is 0 Å². The van der Waals surface area contributed by atoms with Gasteiger partial charge in [-0.3, -0.25) is 18.6 Å². The van der Waals surface area contributed by atoms with Crippen molar-refractivity contribution in [1.29, 1.82) is 0 Å². The van der Waals surface area contributed by atoms with Gasteiger partial charge >= 0.3 is 25.7 Å². The highest BCUT2D eigenvalue weighted by atomic mass is 31.2.